The highest BCUT2D eigenvalue weighted by molar-refractivity contribution is 8.03. The third kappa shape index (κ3) is 3.91. The third-order valence-electron chi connectivity index (χ3n) is 1.44. The fourth-order valence-corrected chi connectivity index (χ4v) is 4.11. The predicted octanol–water partition coefficient (Wildman–Crippen LogP) is -0.674. The fraction of sp³-hybridized carbons (Fsp3) is 1.00. The van der Waals surface area contributed by atoms with E-state index in [0.717, 1.165) is 12.5 Å². The average molecular weight is 245 g/mol. The standard InChI is InChI=1S/C6H15NO5S2/c1-4-5-6(8)7(13(2,9)10)14(3,11)12/h6,8H,4-5H2,1-3H3. The van der Waals surface area contributed by atoms with Gasteiger partial charge < -0.3 is 5.11 Å². The molecular formula is C6H15NO5S2. The lowest BCUT2D eigenvalue weighted by Gasteiger charge is -2.22. The van der Waals surface area contributed by atoms with Gasteiger partial charge >= 0.3 is 0 Å². The molecule has 0 amide bonds. The number of rotatable bonds is 5. The topological polar surface area (TPSA) is 91.8 Å². The Balaban J connectivity index is 5.15. The minimum atomic E-state index is -3.95. The Labute approximate surface area is 84.6 Å². The van der Waals surface area contributed by atoms with E-state index in [-0.39, 0.29) is 10.1 Å². The summed E-state index contributed by atoms with van der Waals surface area (Å²) in [6.07, 6.45) is 0.549. The second-order valence-electron chi connectivity index (χ2n) is 3.02. The van der Waals surface area contributed by atoms with Gasteiger partial charge in [-0.15, -0.1) is 0 Å². The highest BCUT2D eigenvalue weighted by Gasteiger charge is 2.32. The van der Waals surface area contributed by atoms with Crippen LogP contribution >= 0.6 is 0 Å². The minimum absolute atomic E-state index is 0.0835. The average Bonchev–Trinajstić information content (AvgIpc) is 1.78. The van der Waals surface area contributed by atoms with Crippen molar-refractivity contribution in [3.8, 4) is 0 Å². The lowest BCUT2D eigenvalue weighted by molar-refractivity contribution is 0.0996. The summed E-state index contributed by atoms with van der Waals surface area (Å²) in [5.74, 6) is 0. The number of sulfonamides is 2. The molecule has 0 spiro atoms. The Bertz CT molecular complexity index is 339. The Morgan fingerprint density at radius 2 is 1.50 bits per heavy atom. The summed E-state index contributed by atoms with van der Waals surface area (Å²) in [7, 11) is -7.90. The number of aliphatic hydroxyl groups is 1. The summed E-state index contributed by atoms with van der Waals surface area (Å²) in [6, 6.07) is 0. The largest absolute Gasteiger partial charge is 0.376 e. The van der Waals surface area contributed by atoms with Crippen LogP contribution < -0.4 is 0 Å². The van der Waals surface area contributed by atoms with E-state index in [1.165, 1.54) is 0 Å². The molecular weight excluding hydrogens is 230 g/mol. The van der Waals surface area contributed by atoms with E-state index in [2.05, 4.69) is 0 Å². The predicted molar refractivity (Wildman–Crippen MR) is 52.4 cm³/mol. The molecule has 0 aromatic carbocycles. The first-order chi connectivity index (χ1) is 6.10. The van der Waals surface area contributed by atoms with E-state index < -0.39 is 26.3 Å². The Morgan fingerprint density at radius 3 is 1.71 bits per heavy atom. The molecule has 0 aromatic rings. The van der Waals surface area contributed by atoms with Crippen LogP contribution in [0.15, 0.2) is 0 Å². The van der Waals surface area contributed by atoms with E-state index in [4.69, 9.17) is 0 Å². The number of hydrogen-bond acceptors (Lipinski definition) is 5. The fourth-order valence-electron chi connectivity index (χ4n) is 1.05. The van der Waals surface area contributed by atoms with Gasteiger partial charge in [0.25, 0.3) is 0 Å². The molecule has 0 saturated carbocycles. The molecule has 0 saturated heterocycles. The molecule has 1 N–H and O–H groups in total. The summed E-state index contributed by atoms with van der Waals surface area (Å²) in [6.45, 7) is 1.71. The molecule has 0 aliphatic carbocycles. The molecule has 0 aromatic heterocycles. The molecule has 6 nitrogen and oxygen atoms in total. The van der Waals surface area contributed by atoms with Crippen LogP contribution in [0, 0.1) is 0 Å². The van der Waals surface area contributed by atoms with Gasteiger partial charge in [-0.25, -0.2) is 16.8 Å². The lowest BCUT2D eigenvalue weighted by Crippen LogP contribution is -2.43. The zero-order valence-corrected chi connectivity index (χ0v) is 9.97. The van der Waals surface area contributed by atoms with Gasteiger partial charge in [0.1, 0.15) is 6.23 Å². The van der Waals surface area contributed by atoms with Crippen LogP contribution in [0.3, 0.4) is 0 Å². The summed E-state index contributed by atoms with van der Waals surface area (Å²) in [5.41, 5.74) is 0. The third-order valence-corrected chi connectivity index (χ3v) is 4.86. The van der Waals surface area contributed by atoms with E-state index in [1.54, 1.807) is 6.92 Å². The van der Waals surface area contributed by atoms with Gasteiger partial charge in [0.2, 0.25) is 20.0 Å². The molecule has 0 aliphatic rings. The van der Waals surface area contributed by atoms with Crippen LogP contribution in [0.1, 0.15) is 19.8 Å². The highest BCUT2D eigenvalue weighted by atomic mass is 32.3. The van der Waals surface area contributed by atoms with Crippen molar-refractivity contribution in [1.29, 1.82) is 0 Å². The van der Waals surface area contributed by atoms with Crippen LogP contribution in [0.25, 0.3) is 0 Å². The van der Waals surface area contributed by atoms with Gasteiger partial charge in [-0.2, -0.15) is 0 Å². The van der Waals surface area contributed by atoms with Crippen LogP contribution in [0.4, 0.5) is 0 Å². The van der Waals surface area contributed by atoms with E-state index in [1.807, 2.05) is 0 Å². The molecule has 0 fully saturated rings. The summed E-state index contributed by atoms with van der Waals surface area (Å²) in [5, 5.41) is 9.35. The maximum absolute atomic E-state index is 11.1. The monoisotopic (exact) mass is 245 g/mol. The van der Waals surface area contributed by atoms with E-state index >= 15 is 0 Å². The first-order valence-electron chi connectivity index (χ1n) is 3.98. The van der Waals surface area contributed by atoms with E-state index in [9.17, 15) is 21.9 Å². The molecule has 14 heavy (non-hydrogen) atoms. The molecule has 86 valence electrons. The second kappa shape index (κ2) is 4.56. The summed E-state index contributed by atoms with van der Waals surface area (Å²) < 4.78 is 44.5. The molecule has 8 heteroatoms. The molecule has 0 heterocycles. The minimum Gasteiger partial charge on any atom is -0.376 e. The van der Waals surface area contributed by atoms with Crippen LogP contribution in [0.2, 0.25) is 0 Å². The molecule has 0 aliphatic heterocycles. The van der Waals surface area contributed by atoms with Gasteiger partial charge in [0, 0.05) is 0 Å². The molecule has 0 bridgehead atoms. The van der Waals surface area contributed by atoms with Gasteiger partial charge in [0.05, 0.1) is 12.5 Å². The quantitative estimate of drug-likeness (QED) is 0.648. The van der Waals surface area contributed by atoms with Crippen molar-refractivity contribution in [2.24, 2.45) is 0 Å². The van der Waals surface area contributed by atoms with Crippen molar-refractivity contribution in [2.75, 3.05) is 12.5 Å². The van der Waals surface area contributed by atoms with E-state index in [0.29, 0.717) is 6.42 Å². The van der Waals surface area contributed by atoms with Gasteiger partial charge in [-0.3, -0.25) is 0 Å². The number of nitrogens with zero attached hydrogens (tertiary/aromatic N) is 1. The highest BCUT2D eigenvalue weighted by Crippen LogP contribution is 2.13. The first kappa shape index (κ1) is 13.8. The van der Waals surface area contributed by atoms with Crippen LogP contribution in [0.5, 0.6) is 0 Å². The molecule has 0 rings (SSSR count). The lowest BCUT2D eigenvalue weighted by atomic mass is 10.3. The van der Waals surface area contributed by atoms with Crippen LogP contribution in [-0.2, 0) is 20.0 Å². The van der Waals surface area contributed by atoms with Gasteiger partial charge in [0.15, 0.2) is 0 Å². The Kier molecular flexibility index (Phi) is 4.50. The van der Waals surface area contributed by atoms with Crippen LogP contribution in [-0.4, -0.2) is 44.4 Å². The Hall–Kier alpha value is -0.180. The zero-order valence-electron chi connectivity index (χ0n) is 8.34. The number of hydrogen-bond donors (Lipinski definition) is 1. The number of aliphatic hydroxyl groups excluding tert-OH is 1. The van der Waals surface area contributed by atoms with Crippen molar-refractivity contribution in [2.45, 2.75) is 26.0 Å². The van der Waals surface area contributed by atoms with Crippen molar-refractivity contribution < 1.29 is 21.9 Å². The summed E-state index contributed by atoms with van der Waals surface area (Å²) in [4.78, 5) is 0. The molecule has 0 radical (unpaired) electrons. The van der Waals surface area contributed by atoms with Gasteiger partial charge in [-0.05, 0) is 6.42 Å². The molecule has 1 unspecified atom stereocenters. The first-order valence-corrected chi connectivity index (χ1v) is 7.68. The Morgan fingerprint density at radius 1 is 1.14 bits per heavy atom. The SMILES string of the molecule is CCCC(O)N(S(C)(=O)=O)S(C)(=O)=O. The zero-order chi connectivity index (χ0) is 11.6. The normalized spacial score (nSPS) is 15.8. The summed E-state index contributed by atoms with van der Waals surface area (Å²) >= 11 is 0. The van der Waals surface area contributed by atoms with Gasteiger partial charge in [-0.1, -0.05) is 17.1 Å². The van der Waals surface area contributed by atoms with Crippen molar-refractivity contribution in [3.05, 3.63) is 0 Å². The van der Waals surface area contributed by atoms with Crippen molar-refractivity contribution in [3.63, 3.8) is 0 Å². The van der Waals surface area contributed by atoms with Crippen molar-refractivity contribution >= 4 is 20.0 Å². The van der Waals surface area contributed by atoms with Crippen molar-refractivity contribution in [1.82, 2.24) is 3.71 Å². The molecule has 1 atom stereocenters. The second-order valence-corrected chi connectivity index (χ2v) is 6.97. The smallest absolute Gasteiger partial charge is 0.226 e. The maximum Gasteiger partial charge on any atom is 0.226 e. The maximum atomic E-state index is 11.1.